The summed E-state index contributed by atoms with van der Waals surface area (Å²) in [6.07, 6.45) is 3.43. The minimum Gasteiger partial charge on any atom is -0.340 e. The van der Waals surface area contributed by atoms with E-state index in [9.17, 15) is 8.42 Å². The molecule has 20 heavy (non-hydrogen) atoms. The molecule has 0 saturated carbocycles. The van der Waals surface area contributed by atoms with E-state index in [2.05, 4.69) is 20.4 Å². The maximum Gasteiger partial charge on any atom is 0.223 e. The highest BCUT2D eigenvalue weighted by Crippen LogP contribution is 2.12. The highest BCUT2D eigenvalue weighted by Gasteiger charge is 2.21. The van der Waals surface area contributed by atoms with Gasteiger partial charge in [-0.25, -0.2) is 8.42 Å². The second-order valence-electron chi connectivity index (χ2n) is 5.39. The lowest BCUT2D eigenvalue weighted by molar-refractivity contribution is 0.179. The molecule has 1 aliphatic rings. The smallest absolute Gasteiger partial charge is 0.223 e. The van der Waals surface area contributed by atoms with Gasteiger partial charge in [-0.1, -0.05) is 5.16 Å². The fourth-order valence-electron chi connectivity index (χ4n) is 2.42. The van der Waals surface area contributed by atoms with E-state index >= 15 is 0 Å². The van der Waals surface area contributed by atoms with Crippen molar-refractivity contribution in [3.63, 3.8) is 0 Å². The van der Waals surface area contributed by atoms with Crippen molar-refractivity contribution < 1.29 is 12.9 Å². The summed E-state index contributed by atoms with van der Waals surface area (Å²) in [6.45, 7) is 4.87. The van der Waals surface area contributed by atoms with Crippen LogP contribution in [0.4, 0.5) is 0 Å². The van der Waals surface area contributed by atoms with Gasteiger partial charge in [-0.3, -0.25) is 4.90 Å². The van der Waals surface area contributed by atoms with E-state index in [-0.39, 0.29) is 5.75 Å². The normalized spacial score (nSPS) is 21.2. The van der Waals surface area contributed by atoms with Crippen LogP contribution in [-0.2, 0) is 16.4 Å². The Balaban J connectivity index is 1.76. The van der Waals surface area contributed by atoms with E-state index in [1.54, 1.807) is 6.92 Å². The average molecular weight is 302 g/mol. The number of nitrogens with zero attached hydrogens (tertiary/aromatic N) is 3. The first kappa shape index (κ1) is 15.4. The Kier molecular flexibility index (Phi) is 5.11. The zero-order chi connectivity index (χ0) is 14.6. The molecule has 114 valence electrons. The molecular weight excluding hydrogens is 280 g/mol. The van der Waals surface area contributed by atoms with Crippen LogP contribution in [0.1, 0.15) is 24.6 Å². The summed E-state index contributed by atoms with van der Waals surface area (Å²) in [7, 11) is -2.89. The number of sulfone groups is 1. The summed E-state index contributed by atoms with van der Waals surface area (Å²) in [5.41, 5.74) is 0. The van der Waals surface area contributed by atoms with Gasteiger partial charge in [-0.2, -0.15) is 4.98 Å². The molecule has 1 aliphatic heterocycles. The Morgan fingerprint density at radius 2 is 2.30 bits per heavy atom. The van der Waals surface area contributed by atoms with E-state index in [4.69, 9.17) is 4.52 Å². The molecule has 0 aromatic carbocycles. The third-order valence-electron chi connectivity index (χ3n) is 3.35. The van der Waals surface area contributed by atoms with Gasteiger partial charge in [0.15, 0.2) is 5.82 Å². The molecule has 2 rings (SSSR count). The minimum absolute atomic E-state index is 0.188. The summed E-state index contributed by atoms with van der Waals surface area (Å²) in [6, 6.07) is 0.332. The van der Waals surface area contributed by atoms with E-state index in [1.165, 1.54) is 6.26 Å². The number of hydrogen-bond acceptors (Lipinski definition) is 7. The molecule has 0 aliphatic carbocycles. The minimum atomic E-state index is -2.89. The summed E-state index contributed by atoms with van der Waals surface area (Å²) in [4.78, 5) is 6.47. The van der Waals surface area contributed by atoms with Crippen molar-refractivity contribution in [3.05, 3.63) is 11.7 Å². The maximum absolute atomic E-state index is 11.1. The second-order valence-corrected chi connectivity index (χ2v) is 7.65. The zero-order valence-electron chi connectivity index (χ0n) is 12.0. The van der Waals surface area contributed by atoms with Crippen molar-refractivity contribution >= 4 is 9.84 Å². The number of nitrogens with one attached hydrogen (secondary N) is 1. The predicted molar refractivity (Wildman–Crippen MR) is 75.0 cm³/mol. The molecule has 1 atom stereocenters. The summed E-state index contributed by atoms with van der Waals surface area (Å²) in [5, 5.41) is 7.22. The van der Waals surface area contributed by atoms with Crippen LogP contribution in [0.3, 0.4) is 0 Å². The lowest BCUT2D eigenvalue weighted by Gasteiger charge is -2.32. The van der Waals surface area contributed by atoms with Crippen LogP contribution in [0, 0.1) is 6.92 Å². The van der Waals surface area contributed by atoms with Crippen LogP contribution in [0.15, 0.2) is 4.52 Å². The average Bonchev–Trinajstić information content (AvgIpc) is 2.73. The highest BCUT2D eigenvalue weighted by molar-refractivity contribution is 7.90. The summed E-state index contributed by atoms with van der Waals surface area (Å²) in [5.74, 6) is 1.48. The summed E-state index contributed by atoms with van der Waals surface area (Å²) >= 11 is 0. The van der Waals surface area contributed by atoms with Crippen molar-refractivity contribution in [1.82, 2.24) is 20.4 Å². The maximum atomic E-state index is 11.1. The lowest BCUT2D eigenvalue weighted by Crippen LogP contribution is -2.46. The third-order valence-corrected chi connectivity index (χ3v) is 4.29. The molecule has 7 nitrogen and oxygen atoms in total. The van der Waals surface area contributed by atoms with Crippen molar-refractivity contribution in [3.8, 4) is 0 Å². The van der Waals surface area contributed by atoms with E-state index in [0.717, 1.165) is 25.9 Å². The SMILES string of the molecule is Cc1nc(CN2CCC[C@H](NCCS(C)(=O)=O)C2)no1. The van der Waals surface area contributed by atoms with Gasteiger partial charge in [0.2, 0.25) is 5.89 Å². The Bertz CT molecular complexity index is 529. The Morgan fingerprint density at radius 1 is 1.50 bits per heavy atom. The fraction of sp³-hybridized carbons (Fsp3) is 0.833. The van der Waals surface area contributed by atoms with Crippen molar-refractivity contribution in [1.29, 1.82) is 0 Å². The third kappa shape index (κ3) is 5.18. The highest BCUT2D eigenvalue weighted by atomic mass is 32.2. The van der Waals surface area contributed by atoms with Crippen LogP contribution >= 0.6 is 0 Å². The van der Waals surface area contributed by atoms with E-state index < -0.39 is 9.84 Å². The Hall–Kier alpha value is -0.990. The van der Waals surface area contributed by atoms with Gasteiger partial charge in [-0.15, -0.1) is 0 Å². The number of likely N-dealkylation sites (tertiary alicyclic amines) is 1. The first-order chi connectivity index (χ1) is 9.42. The molecule has 0 spiro atoms. The van der Waals surface area contributed by atoms with Gasteiger partial charge in [-0.05, 0) is 19.4 Å². The van der Waals surface area contributed by atoms with Crippen LogP contribution < -0.4 is 5.32 Å². The zero-order valence-corrected chi connectivity index (χ0v) is 12.8. The first-order valence-corrected chi connectivity index (χ1v) is 8.91. The predicted octanol–water partition coefficient (Wildman–Crippen LogP) is -0.0234. The first-order valence-electron chi connectivity index (χ1n) is 6.85. The monoisotopic (exact) mass is 302 g/mol. The topological polar surface area (TPSA) is 88.3 Å². The van der Waals surface area contributed by atoms with Crippen LogP contribution in [-0.4, -0.2) is 61.1 Å². The molecule has 1 N–H and O–H groups in total. The van der Waals surface area contributed by atoms with Crippen molar-refractivity contribution in [2.45, 2.75) is 32.4 Å². The van der Waals surface area contributed by atoms with Crippen LogP contribution in [0.5, 0.6) is 0 Å². The summed E-state index contributed by atoms with van der Waals surface area (Å²) < 4.78 is 27.2. The molecule has 2 heterocycles. The van der Waals surface area contributed by atoms with E-state index in [1.807, 2.05) is 0 Å². The molecule has 1 saturated heterocycles. The molecule has 0 bridgehead atoms. The van der Waals surface area contributed by atoms with Crippen LogP contribution in [0.2, 0.25) is 0 Å². The van der Waals surface area contributed by atoms with Crippen molar-refractivity contribution in [2.24, 2.45) is 0 Å². The second kappa shape index (κ2) is 6.64. The molecular formula is C12H22N4O3S. The van der Waals surface area contributed by atoms with Gasteiger partial charge in [0.05, 0.1) is 12.3 Å². The van der Waals surface area contributed by atoms with Gasteiger partial charge in [0.1, 0.15) is 9.84 Å². The molecule has 1 fully saturated rings. The quantitative estimate of drug-likeness (QED) is 0.789. The number of piperidine rings is 1. The van der Waals surface area contributed by atoms with Gasteiger partial charge in [0, 0.05) is 32.3 Å². The Labute approximate surface area is 119 Å². The van der Waals surface area contributed by atoms with Gasteiger partial charge >= 0.3 is 0 Å². The standard InChI is InChI=1S/C12H22N4O3S/c1-10-14-12(15-19-10)9-16-6-3-4-11(8-16)13-5-7-20(2,17)18/h11,13H,3-9H2,1-2H3/t11-/m0/s1. The number of aromatic nitrogens is 2. The molecule has 0 unspecified atom stereocenters. The van der Waals surface area contributed by atoms with E-state index in [0.29, 0.717) is 30.8 Å². The number of hydrogen-bond donors (Lipinski definition) is 1. The number of rotatable bonds is 6. The fourth-order valence-corrected chi connectivity index (χ4v) is 2.91. The molecule has 8 heteroatoms. The molecule has 1 aromatic rings. The van der Waals surface area contributed by atoms with Crippen LogP contribution in [0.25, 0.3) is 0 Å². The molecule has 0 radical (unpaired) electrons. The lowest BCUT2D eigenvalue weighted by atomic mass is 10.1. The Morgan fingerprint density at radius 3 is 2.95 bits per heavy atom. The largest absolute Gasteiger partial charge is 0.340 e. The van der Waals surface area contributed by atoms with Gasteiger partial charge in [0.25, 0.3) is 0 Å². The molecule has 1 aromatic heterocycles. The number of aryl methyl sites for hydroxylation is 1. The van der Waals surface area contributed by atoms with Crippen molar-refractivity contribution in [2.75, 3.05) is 31.6 Å². The molecule has 0 amide bonds. The van der Waals surface area contributed by atoms with Gasteiger partial charge < -0.3 is 9.84 Å².